The quantitative estimate of drug-likeness (QED) is 0.307. The highest BCUT2D eigenvalue weighted by Gasteiger charge is 2.37. The van der Waals surface area contributed by atoms with E-state index in [4.69, 9.17) is 20.4 Å². The Labute approximate surface area is 75.4 Å². The molecule has 0 spiro atoms. The molecule has 0 aromatic carbocycles. The summed E-state index contributed by atoms with van der Waals surface area (Å²) in [5.41, 5.74) is 0. The van der Waals surface area contributed by atoms with Crippen molar-refractivity contribution in [1.82, 2.24) is 0 Å². The maximum atomic E-state index is 10.7. The van der Waals surface area contributed by atoms with Crippen LogP contribution in [0.1, 0.15) is 19.8 Å². The molecule has 1 atom stereocenters. The van der Waals surface area contributed by atoms with Crippen LogP contribution in [0.25, 0.3) is 0 Å². The Morgan fingerprint density at radius 2 is 2.08 bits per heavy atom. The van der Waals surface area contributed by atoms with Crippen LogP contribution in [0, 0.1) is 0 Å². The fraction of sp³-hybridized carbons (Fsp3) is 0.857. The van der Waals surface area contributed by atoms with Gasteiger partial charge < -0.3 is 25.2 Å². The van der Waals surface area contributed by atoms with Crippen LogP contribution < -0.4 is 0 Å². The molecule has 6 nitrogen and oxygen atoms in total. The lowest BCUT2D eigenvalue weighted by Crippen LogP contribution is -2.48. The third kappa shape index (κ3) is 4.18. The van der Waals surface area contributed by atoms with Crippen molar-refractivity contribution >= 4 is 5.97 Å². The molecule has 0 aliphatic carbocycles. The summed E-state index contributed by atoms with van der Waals surface area (Å²) >= 11 is 0. The van der Waals surface area contributed by atoms with Gasteiger partial charge in [0.2, 0.25) is 0 Å². The fourth-order valence-electron chi connectivity index (χ4n) is 0.610. The van der Waals surface area contributed by atoms with Crippen molar-refractivity contribution in [2.75, 3.05) is 6.61 Å². The molecule has 0 radical (unpaired) electrons. The van der Waals surface area contributed by atoms with Crippen molar-refractivity contribution in [3.63, 3.8) is 0 Å². The van der Waals surface area contributed by atoms with Gasteiger partial charge in [0, 0.05) is 6.42 Å². The number of rotatable bonds is 5. The van der Waals surface area contributed by atoms with E-state index in [0.29, 0.717) is 6.42 Å². The van der Waals surface area contributed by atoms with Gasteiger partial charge in [-0.1, -0.05) is 6.92 Å². The van der Waals surface area contributed by atoms with Gasteiger partial charge in [-0.15, -0.1) is 0 Å². The highest BCUT2D eigenvalue weighted by Crippen LogP contribution is 2.10. The number of hydrogen-bond acceptors (Lipinski definition) is 6. The van der Waals surface area contributed by atoms with Crippen molar-refractivity contribution in [2.24, 2.45) is 0 Å². The van der Waals surface area contributed by atoms with Crippen LogP contribution in [-0.4, -0.2) is 45.1 Å². The van der Waals surface area contributed by atoms with E-state index in [1.807, 2.05) is 0 Å². The number of carbonyl (C=O) groups excluding carboxylic acids is 1. The van der Waals surface area contributed by atoms with Crippen LogP contribution in [0.2, 0.25) is 0 Å². The zero-order valence-corrected chi connectivity index (χ0v) is 7.30. The Morgan fingerprint density at radius 3 is 2.46 bits per heavy atom. The average Bonchev–Trinajstić information content (AvgIpc) is 2.02. The van der Waals surface area contributed by atoms with E-state index in [-0.39, 0.29) is 6.42 Å². The molecule has 78 valence electrons. The fourth-order valence-corrected chi connectivity index (χ4v) is 0.610. The van der Waals surface area contributed by atoms with Crippen molar-refractivity contribution in [1.29, 1.82) is 0 Å². The molecule has 0 aromatic rings. The van der Waals surface area contributed by atoms with Crippen LogP contribution in [-0.2, 0) is 9.53 Å². The molecule has 0 rings (SSSR count). The summed E-state index contributed by atoms with van der Waals surface area (Å²) in [4.78, 5) is 10.7. The SMILES string of the molecule is CCCC(=O)OC(O)(O)C(O)CO. The van der Waals surface area contributed by atoms with Gasteiger partial charge in [0.05, 0.1) is 6.61 Å². The number of ether oxygens (including phenoxy) is 1. The average molecular weight is 194 g/mol. The largest absolute Gasteiger partial charge is 0.406 e. The Balaban J connectivity index is 4.08. The van der Waals surface area contributed by atoms with E-state index in [0.717, 1.165) is 0 Å². The van der Waals surface area contributed by atoms with Crippen LogP contribution in [0.15, 0.2) is 0 Å². The Bertz CT molecular complexity index is 166. The molecule has 0 heterocycles. The first kappa shape index (κ1) is 12.3. The lowest BCUT2D eigenvalue weighted by molar-refractivity contribution is -0.361. The first-order valence-electron chi connectivity index (χ1n) is 3.89. The summed E-state index contributed by atoms with van der Waals surface area (Å²) in [5, 5.41) is 34.9. The monoisotopic (exact) mass is 194 g/mol. The maximum Gasteiger partial charge on any atom is 0.354 e. The van der Waals surface area contributed by atoms with Crippen LogP contribution in [0.3, 0.4) is 0 Å². The molecule has 6 heteroatoms. The summed E-state index contributed by atoms with van der Waals surface area (Å²) in [7, 11) is 0. The topological polar surface area (TPSA) is 107 Å². The number of esters is 1. The van der Waals surface area contributed by atoms with Gasteiger partial charge in [-0.05, 0) is 6.42 Å². The van der Waals surface area contributed by atoms with E-state index in [2.05, 4.69) is 4.74 Å². The molecule has 0 aliphatic heterocycles. The van der Waals surface area contributed by atoms with Crippen molar-refractivity contribution < 1.29 is 30.0 Å². The van der Waals surface area contributed by atoms with Crippen LogP contribution in [0.4, 0.5) is 0 Å². The lowest BCUT2D eigenvalue weighted by atomic mass is 10.3. The maximum absolute atomic E-state index is 10.7. The molecule has 13 heavy (non-hydrogen) atoms. The molecule has 0 aromatic heterocycles. The van der Waals surface area contributed by atoms with Crippen molar-refractivity contribution in [3.8, 4) is 0 Å². The predicted molar refractivity (Wildman–Crippen MR) is 41.3 cm³/mol. The van der Waals surface area contributed by atoms with Gasteiger partial charge in [0.25, 0.3) is 0 Å². The minimum atomic E-state index is -3.01. The van der Waals surface area contributed by atoms with E-state index >= 15 is 0 Å². The van der Waals surface area contributed by atoms with Gasteiger partial charge in [-0.25, -0.2) is 0 Å². The van der Waals surface area contributed by atoms with Crippen molar-refractivity contribution in [2.45, 2.75) is 31.8 Å². The minimum absolute atomic E-state index is 0.0149. The first-order chi connectivity index (χ1) is 5.94. The zero-order chi connectivity index (χ0) is 10.5. The van der Waals surface area contributed by atoms with Gasteiger partial charge >= 0.3 is 11.9 Å². The number of aliphatic hydroxyl groups excluding tert-OH is 2. The summed E-state index contributed by atoms with van der Waals surface area (Å²) in [6.45, 7) is 0.798. The third-order valence-corrected chi connectivity index (χ3v) is 1.33. The Morgan fingerprint density at radius 1 is 1.54 bits per heavy atom. The van der Waals surface area contributed by atoms with E-state index in [1.165, 1.54) is 0 Å². The smallest absolute Gasteiger partial charge is 0.354 e. The minimum Gasteiger partial charge on any atom is -0.406 e. The zero-order valence-electron chi connectivity index (χ0n) is 7.30. The highest BCUT2D eigenvalue weighted by atomic mass is 16.8. The highest BCUT2D eigenvalue weighted by molar-refractivity contribution is 5.69. The second-order valence-corrected chi connectivity index (χ2v) is 2.58. The molecular formula is C7H14O6. The second kappa shape index (κ2) is 5.13. The Kier molecular flexibility index (Phi) is 4.86. The third-order valence-electron chi connectivity index (χ3n) is 1.33. The van der Waals surface area contributed by atoms with Crippen LogP contribution >= 0.6 is 0 Å². The number of hydrogen-bond donors (Lipinski definition) is 4. The molecule has 0 amide bonds. The second-order valence-electron chi connectivity index (χ2n) is 2.58. The Hall–Kier alpha value is -0.690. The van der Waals surface area contributed by atoms with Crippen molar-refractivity contribution in [3.05, 3.63) is 0 Å². The van der Waals surface area contributed by atoms with Gasteiger partial charge in [0.1, 0.15) is 0 Å². The number of carbonyl (C=O) groups is 1. The molecule has 4 N–H and O–H groups in total. The molecule has 0 saturated carbocycles. The van der Waals surface area contributed by atoms with E-state index < -0.39 is 24.7 Å². The summed E-state index contributed by atoms with van der Waals surface area (Å²) in [5.74, 6) is -3.86. The molecule has 0 aliphatic rings. The lowest BCUT2D eigenvalue weighted by Gasteiger charge is -2.24. The number of aliphatic hydroxyl groups is 4. The predicted octanol–water partition coefficient (Wildman–Crippen LogP) is -1.68. The molecule has 0 saturated heterocycles. The molecular weight excluding hydrogens is 180 g/mol. The first-order valence-corrected chi connectivity index (χ1v) is 3.89. The molecule has 1 unspecified atom stereocenters. The van der Waals surface area contributed by atoms with Crippen LogP contribution in [0.5, 0.6) is 0 Å². The summed E-state index contributed by atoms with van der Waals surface area (Å²) in [6.07, 6.45) is -1.42. The van der Waals surface area contributed by atoms with E-state index in [1.54, 1.807) is 6.92 Å². The summed E-state index contributed by atoms with van der Waals surface area (Å²) < 4.78 is 4.09. The van der Waals surface area contributed by atoms with Gasteiger partial charge in [-0.2, -0.15) is 0 Å². The molecule has 0 fully saturated rings. The summed E-state index contributed by atoms with van der Waals surface area (Å²) in [6, 6.07) is 0. The molecule has 0 bridgehead atoms. The standard InChI is InChI=1S/C7H14O6/c1-2-3-6(10)13-7(11,12)5(9)4-8/h5,8-9,11-12H,2-4H2,1H3. The normalized spacial score (nSPS) is 13.9. The van der Waals surface area contributed by atoms with Gasteiger partial charge in [0.15, 0.2) is 6.10 Å². The van der Waals surface area contributed by atoms with Gasteiger partial charge in [-0.3, -0.25) is 4.79 Å². The van der Waals surface area contributed by atoms with E-state index in [9.17, 15) is 4.79 Å².